The number of benzene rings is 2. The highest BCUT2D eigenvalue weighted by Gasteiger charge is 2.32. The zero-order valence-electron chi connectivity index (χ0n) is 16.4. The van der Waals surface area contributed by atoms with Crippen LogP contribution in [0, 0.1) is 5.82 Å². The van der Waals surface area contributed by atoms with Gasteiger partial charge >= 0.3 is 0 Å². The van der Waals surface area contributed by atoms with Crippen LogP contribution >= 0.6 is 0 Å². The second-order valence-corrected chi connectivity index (χ2v) is 7.73. The van der Waals surface area contributed by atoms with Gasteiger partial charge in [0.05, 0.1) is 12.7 Å². The summed E-state index contributed by atoms with van der Waals surface area (Å²) < 4.78 is 20.0. The summed E-state index contributed by atoms with van der Waals surface area (Å²) in [6.07, 6.45) is 4.48. The van der Waals surface area contributed by atoms with Gasteiger partial charge in [-0.3, -0.25) is 4.79 Å². The molecule has 28 heavy (non-hydrogen) atoms. The van der Waals surface area contributed by atoms with Crippen molar-refractivity contribution in [1.29, 1.82) is 0 Å². The van der Waals surface area contributed by atoms with Gasteiger partial charge in [-0.2, -0.15) is 0 Å². The molecule has 1 amide bonds. The molecule has 0 bridgehead atoms. The lowest BCUT2D eigenvalue weighted by atomic mass is 10.0. The van der Waals surface area contributed by atoms with E-state index in [1.165, 1.54) is 18.9 Å². The maximum atomic E-state index is 14.8. The molecule has 0 unspecified atom stereocenters. The largest absolute Gasteiger partial charge is 0.497 e. The molecule has 2 aliphatic heterocycles. The highest BCUT2D eigenvalue weighted by atomic mass is 19.1. The molecule has 148 valence electrons. The van der Waals surface area contributed by atoms with Gasteiger partial charge in [-0.25, -0.2) is 4.39 Å². The smallest absolute Gasteiger partial charge is 0.257 e. The Morgan fingerprint density at radius 3 is 2.43 bits per heavy atom. The van der Waals surface area contributed by atoms with Crippen LogP contribution in [0.2, 0.25) is 0 Å². The van der Waals surface area contributed by atoms with Gasteiger partial charge in [0.15, 0.2) is 0 Å². The Hall–Kier alpha value is -2.40. The molecule has 0 radical (unpaired) electrons. The Morgan fingerprint density at radius 1 is 1.04 bits per heavy atom. The lowest BCUT2D eigenvalue weighted by Gasteiger charge is -2.28. The molecule has 0 N–H and O–H groups in total. The zero-order valence-corrected chi connectivity index (χ0v) is 16.4. The Bertz CT molecular complexity index is 831. The van der Waals surface area contributed by atoms with Gasteiger partial charge in [-0.15, -0.1) is 0 Å². The molecular formula is C23H27FN2O2. The number of carbonyl (C=O) groups excluding carboxylic acids is 1. The molecule has 2 saturated heterocycles. The quantitative estimate of drug-likeness (QED) is 0.777. The van der Waals surface area contributed by atoms with Gasteiger partial charge in [0.1, 0.15) is 11.6 Å². The molecule has 2 aliphatic rings. The third-order valence-corrected chi connectivity index (χ3v) is 5.93. The summed E-state index contributed by atoms with van der Waals surface area (Å²) in [6.45, 7) is 3.86. The fourth-order valence-electron chi connectivity index (χ4n) is 4.36. The molecule has 0 aliphatic carbocycles. The zero-order chi connectivity index (χ0) is 19.5. The normalized spacial score (nSPS) is 19.9. The van der Waals surface area contributed by atoms with Crippen LogP contribution in [0.5, 0.6) is 5.75 Å². The van der Waals surface area contributed by atoms with Crippen LogP contribution in [0.3, 0.4) is 0 Å². The molecule has 0 spiro atoms. The van der Waals surface area contributed by atoms with E-state index >= 15 is 0 Å². The lowest BCUT2D eigenvalue weighted by molar-refractivity contribution is 0.0704. The highest BCUT2D eigenvalue weighted by Crippen LogP contribution is 2.27. The van der Waals surface area contributed by atoms with Crippen LogP contribution in [0.25, 0.3) is 11.1 Å². The number of nitrogens with zero attached hydrogens (tertiary/aromatic N) is 2. The van der Waals surface area contributed by atoms with E-state index < -0.39 is 5.82 Å². The van der Waals surface area contributed by atoms with Crippen molar-refractivity contribution in [1.82, 2.24) is 9.80 Å². The summed E-state index contributed by atoms with van der Waals surface area (Å²) in [4.78, 5) is 17.3. The predicted molar refractivity (Wildman–Crippen MR) is 108 cm³/mol. The van der Waals surface area contributed by atoms with E-state index in [1.807, 2.05) is 35.2 Å². The SMILES string of the molecule is COc1ccc(-c2ccc(C(=O)N3CCC[C@H]3CN3CCCC3)c(F)c2)cc1. The van der Waals surface area contributed by atoms with Crippen LogP contribution in [0.1, 0.15) is 36.0 Å². The standard InChI is InChI=1S/C23H27FN2O2/c1-28-20-9-6-17(7-10-20)18-8-11-21(22(24)15-18)23(27)26-14-4-5-19(26)16-25-12-2-3-13-25/h6-11,15,19H,2-5,12-14,16H2,1H3/t19-/m0/s1. The number of carbonyl (C=O) groups is 1. The van der Waals surface area contributed by atoms with E-state index in [1.54, 1.807) is 13.2 Å². The number of hydrogen-bond donors (Lipinski definition) is 0. The van der Waals surface area contributed by atoms with Crippen molar-refractivity contribution in [2.45, 2.75) is 31.7 Å². The van der Waals surface area contributed by atoms with Gasteiger partial charge in [0, 0.05) is 19.1 Å². The number of methoxy groups -OCH3 is 1. The van der Waals surface area contributed by atoms with E-state index in [-0.39, 0.29) is 17.5 Å². The summed E-state index contributed by atoms with van der Waals surface area (Å²) in [5.74, 6) is 0.125. The van der Waals surface area contributed by atoms with Crippen molar-refractivity contribution in [2.24, 2.45) is 0 Å². The fraction of sp³-hybridized carbons (Fsp3) is 0.435. The molecular weight excluding hydrogens is 355 g/mol. The highest BCUT2D eigenvalue weighted by molar-refractivity contribution is 5.95. The Kier molecular flexibility index (Phi) is 5.62. The molecule has 2 fully saturated rings. The Morgan fingerprint density at radius 2 is 1.75 bits per heavy atom. The van der Waals surface area contributed by atoms with Crippen LogP contribution in [0.15, 0.2) is 42.5 Å². The minimum Gasteiger partial charge on any atom is -0.497 e. The molecule has 4 rings (SSSR count). The molecule has 1 atom stereocenters. The maximum Gasteiger partial charge on any atom is 0.257 e. The fourth-order valence-corrected chi connectivity index (χ4v) is 4.36. The third kappa shape index (κ3) is 3.90. The van der Waals surface area contributed by atoms with Crippen molar-refractivity contribution in [2.75, 3.05) is 33.3 Å². The summed E-state index contributed by atoms with van der Waals surface area (Å²) >= 11 is 0. The Balaban J connectivity index is 1.50. The van der Waals surface area contributed by atoms with Crippen molar-refractivity contribution in [3.05, 3.63) is 53.8 Å². The van der Waals surface area contributed by atoms with Crippen LogP contribution in [-0.2, 0) is 0 Å². The van der Waals surface area contributed by atoms with Gasteiger partial charge in [0.25, 0.3) is 5.91 Å². The van der Waals surface area contributed by atoms with E-state index in [9.17, 15) is 9.18 Å². The van der Waals surface area contributed by atoms with E-state index in [0.717, 1.165) is 55.9 Å². The number of amides is 1. The number of rotatable bonds is 5. The molecule has 2 heterocycles. The second kappa shape index (κ2) is 8.31. The molecule has 5 heteroatoms. The number of hydrogen-bond acceptors (Lipinski definition) is 3. The first kappa shape index (κ1) is 18.9. The van der Waals surface area contributed by atoms with E-state index in [2.05, 4.69) is 4.90 Å². The van der Waals surface area contributed by atoms with Crippen molar-refractivity contribution in [3.63, 3.8) is 0 Å². The first-order valence-electron chi connectivity index (χ1n) is 10.1. The van der Waals surface area contributed by atoms with Gasteiger partial charge in [-0.1, -0.05) is 18.2 Å². The van der Waals surface area contributed by atoms with Gasteiger partial charge < -0.3 is 14.5 Å². The predicted octanol–water partition coefficient (Wildman–Crippen LogP) is 4.20. The first-order chi connectivity index (χ1) is 13.7. The van der Waals surface area contributed by atoms with Crippen molar-refractivity contribution < 1.29 is 13.9 Å². The number of likely N-dealkylation sites (tertiary alicyclic amines) is 2. The molecule has 0 aromatic heterocycles. The molecule has 2 aromatic carbocycles. The van der Waals surface area contributed by atoms with Crippen LogP contribution < -0.4 is 4.74 Å². The topological polar surface area (TPSA) is 32.8 Å². The summed E-state index contributed by atoms with van der Waals surface area (Å²) in [6, 6.07) is 12.6. The van der Waals surface area contributed by atoms with E-state index in [4.69, 9.17) is 4.74 Å². The van der Waals surface area contributed by atoms with Gasteiger partial charge in [-0.05, 0) is 74.2 Å². The monoisotopic (exact) mass is 382 g/mol. The van der Waals surface area contributed by atoms with Gasteiger partial charge in [0.2, 0.25) is 0 Å². The van der Waals surface area contributed by atoms with E-state index in [0.29, 0.717) is 0 Å². The number of ether oxygens (including phenoxy) is 1. The van der Waals surface area contributed by atoms with Crippen LogP contribution in [-0.4, -0.2) is 55.0 Å². The molecule has 2 aromatic rings. The minimum atomic E-state index is -0.454. The van der Waals surface area contributed by atoms with Crippen LogP contribution in [0.4, 0.5) is 4.39 Å². The first-order valence-corrected chi connectivity index (χ1v) is 10.1. The molecule has 4 nitrogen and oxygen atoms in total. The maximum absolute atomic E-state index is 14.8. The molecule has 0 saturated carbocycles. The second-order valence-electron chi connectivity index (χ2n) is 7.73. The summed E-state index contributed by atoms with van der Waals surface area (Å²) in [5.41, 5.74) is 1.82. The number of halogens is 1. The lowest BCUT2D eigenvalue weighted by Crippen LogP contribution is -2.42. The van der Waals surface area contributed by atoms with Crippen molar-refractivity contribution >= 4 is 5.91 Å². The van der Waals surface area contributed by atoms with Crippen molar-refractivity contribution in [3.8, 4) is 16.9 Å². The average molecular weight is 382 g/mol. The summed E-state index contributed by atoms with van der Waals surface area (Å²) in [5, 5.41) is 0. The Labute approximate surface area is 165 Å². The summed E-state index contributed by atoms with van der Waals surface area (Å²) in [7, 11) is 1.62. The third-order valence-electron chi connectivity index (χ3n) is 5.93. The minimum absolute atomic E-state index is 0.172. The average Bonchev–Trinajstić information content (AvgIpc) is 3.40.